The number of rotatable bonds is 1. The fourth-order valence-corrected chi connectivity index (χ4v) is 0.460. The largest absolute Gasteiger partial charge is 0.489 e. The molecule has 0 aromatic carbocycles. The van der Waals surface area contributed by atoms with Crippen LogP contribution >= 0.6 is 0 Å². The molecular weight excluding hydrogens is 100 g/mol. The van der Waals surface area contributed by atoms with Crippen LogP contribution in [0.4, 0.5) is 0 Å². The van der Waals surface area contributed by atoms with E-state index in [2.05, 4.69) is 6.08 Å². The molecule has 40 valence electrons. The molecule has 1 unspecified atom stereocenters. The second-order valence-electron chi connectivity index (χ2n) is 1.41. The lowest BCUT2D eigenvalue weighted by Crippen LogP contribution is -2.03. The Morgan fingerprint density at radius 3 is 3.00 bits per heavy atom. The van der Waals surface area contributed by atoms with E-state index in [1.165, 1.54) is 6.08 Å². The highest BCUT2D eigenvalue weighted by Gasteiger charge is 1.97. The van der Waals surface area contributed by atoms with Crippen molar-refractivity contribution in [2.45, 2.75) is 6.10 Å². The molecule has 1 atom stereocenters. The third kappa shape index (κ3) is 0.997. The monoisotopic (exact) mass is 106 g/mol. The maximum Gasteiger partial charge on any atom is 0.142 e. The zero-order valence-corrected chi connectivity index (χ0v) is 4.37. The molecule has 0 spiro atoms. The van der Waals surface area contributed by atoms with Crippen molar-refractivity contribution in [3.8, 4) is 0 Å². The van der Waals surface area contributed by atoms with Crippen LogP contribution in [0, 0.1) is 12.7 Å². The SMILES string of the molecule is [CH]=CC1[C]=CC=CO1. The molecule has 0 saturated heterocycles. The van der Waals surface area contributed by atoms with Crippen molar-refractivity contribution < 1.29 is 4.74 Å². The minimum atomic E-state index is -0.153. The van der Waals surface area contributed by atoms with Gasteiger partial charge in [0.25, 0.3) is 0 Å². The van der Waals surface area contributed by atoms with Gasteiger partial charge in [0.2, 0.25) is 0 Å². The van der Waals surface area contributed by atoms with Crippen molar-refractivity contribution >= 4 is 0 Å². The Morgan fingerprint density at radius 2 is 2.62 bits per heavy atom. The van der Waals surface area contributed by atoms with Gasteiger partial charge in [-0.05, 0) is 12.2 Å². The molecule has 0 N–H and O–H groups in total. The normalized spacial score (nSPS) is 24.8. The predicted molar refractivity (Wildman–Crippen MR) is 30.7 cm³/mol. The lowest BCUT2D eigenvalue weighted by Gasteiger charge is -2.07. The van der Waals surface area contributed by atoms with E-state index in [-0.39, 0.29) is 6.10 Å². The van der Waals surface area contributed by atoms with Gasteiger partial charge < -0.3 is 4.74 Å². The van der Waals surface area contributed by atoms with Crippen LogP contribution in [0.5, 0.6) is 0 Å². The van der Waals surface area contributed by atoms with Gasteiger partial charge in [-0.1, -0.05) is 12.7 Å². The Kier molecular flexibility index (Phi) is 1.52. The Hall–Kier alpha value is -0.980. The van der Waals surface area contributed by atoms with Crippen LogP contribution in [0.3, 0.4) is 0 Å². The molecule has 1 aliphatic heterocycles. The highest BCUT2D eigenvalue weighted by molar-refractivity contribution is 5.06. The Bertz CT molecular complexity index is 133. The van der Waals surface area contributed by atoms with Gasteiger partial charge in [0.15, 0.2) is 0 Å². The molecule has 1 nitrogen and oxygen atoms in total. The first-order chi connectivity index (χ1) is 3.93. The summed E-state index contributed by atoms with van der Waals surface area (Å²) < 4.78 is 4.92. The van der Waals surface area contributed by atoms with E-state index in [1.54, 1.807) is 18.4 Å². The van der Waals surface area contributed by atoms with Crippen LogP contribution in [0.15, 0.2) is 24.5 Å². The molecule has 0 aliphatic carbocycles. The van der Waals surface area contributed by atoms with Gasteiger partial charge >= 0.3 is 0 Å². The second-order valence-corrected chi connectivity index (χ2v) is 1.41. The molecule has 0 amide bonds. The van der Waals surface area contributed by atoms with Crippen molar-refractivity contribution in [2.75, 3.05) is 0 Å². The molecule has 2 radical (unpaired) electrons. The summed E-state index contributed by atoms with van der Waals surface area (Å²) in [6, 6.07) is 0. The maximum atomic E-state index is 5.14. The van der Waals surface area contributed by atoms with Crippen LogP contribution in [-0.4, -0.2) is 6.10 Å². The zero-order chi connectivity index (χ0) is 5.82. The molecule has 0 aromatic rings. The van der Waals surface area contributed by atoms with Crippen molar-refractivity contribution in [1.29, 1.82) is 0 Å². The standard InChI is InChI=1S/C7H6O/c1-2-7-5-3-4-6-8-7/h1-4,6-7H. The minimum absolute atomic E-state index is 0.153. The van der Waals surface area contributed by atoms with E-state index in [0.29, 0.717) is 0 Å². The van der Waals surface area contributed by atoms with Crippen LogP contribution in [0.1, 0.15) is 0 Å². The van der Waals surface area contributed by atoms with Crippen molar-refractivity contribution in [2.24, 2.45) is 0 Å². The third-order valence-corrected chi connectivity index (χ3v) is 0.835. The van der Waals surface area contributed by atoms with Gasteiger partial charge in [-0.2, -0.15) is 0 Å². The van der Waals surface area contributed by atoms with E-state index >= 15 is 0 Å². The molecule has 8 heavy (non-hydrogen) atoms. The van der Waals surface area contributed by atoms with E-state index in [0.717, 1.165) is 0 Å². The molecule has 1 heterocycles. The first-order valence-electron chi connectivity index (χ1n) is 2.38. The molecule has 0 saturated carbocycles. The summed E-state index contributed by atoms with van der Waals surface area (Å²) in [5, 5.41) is 0. The van der Waals surface area contributed by atoms with E-state index in [4.69, 9.17) is 11.3 Å². The summed E-state index contributed by atoms with van der Waals surface area (Å²) in [4.78, 5) is 0. The average molecular weight is 106 g/mol. The summed E-state index contributed by atoms with van der Waals surface area (Å²) in [7, 11) is 0. The molecule has 1 rings (SSSR count). The van der Waals surface area contributed by atoms with E-state index in [1.807, 2.05) is 0 Å². The summed E-state index contributed by atoms with van der Waals surface area (Å²) >= 11 is 0. The van der Waals surface area contributed by atoms with Gasteiger partial charge in [0.05, 0.1) is 6.26 Å². The number of hydrogen-bond acceptors (Lipinski definition) is 1. The van der Waals surface area contributed by atoms with Gasteiger partial charge in [-0.3, -0.25) is 0 Å². The van der Waals surface area contributed by atoms with E-state index in [9.17, 15) is 0 Å². The minimum Gasteiger partial charge on any atom is -0.489 e. The first-order valence-corrected chi connectivity index (χ1v) is 2.38. The smallest absolute Gasteiger partial charge is 0.142 e. The molecule has 0 aromatic heterocycles. The van der Waals surface area contributed by atoms with Crippen LogP contribution < -0.4 is 0 Å². The molecule has 0 bridgehead atoms. The lowest BCUT2D eigenvalue weighted by atomic mass is 10.3. The fourth-order valence-electron chi connectivity index (χ4n) is 0.460. The quantitative estimate of drug-likeness (QED) is 0.488. The predicted octanol–water partition coefficient (Wildman–Crippen LogP) is 1.25. The van der Waals surface area contributed by atoms with Gasteiger partial charge in [0.1, 0.15) is 6.10 Å². The third-order valence-electron chi connectivity index (χ3n) is 0.835. The number of hydrogen-bond donors (Lipinski definition) is 0. The summed E-state index contributed by atoms with van der Waals surface area (Å²) in [5.41, 5.74) is 0. The van der Waals surface area contributed by atoms with Gasteiger partial charge in [0, 0.05) is 6.08 Å². The second kappa shape index (κ2) is 2.36. The van der Waals surface area contributed by atoms with Crippen molar-refractivity contribution in [1.82, 2.24) is 0 Å². The van der Waals surface area contributed by atoms with Crippen LogP contribution in [0.25, 0.3) is 0 Å². The Labute approximate surface area is 49.0 Å². The van der Waals surface area contributed by atoms with Crippen molar-refractivity contribution in [3.05, 3.63) is 37.1 Å². The molecule has 1 aliphatic rings. The lowest BCUT2D eigenvalue weighted by molar-refractivity contribution is 0.218. The summed E-state index contributed by atoms with van der Waals surface area (Å²) in [5.74, 6) is 0. The van der Waals surface area contributed by atoms with Crippen molar-refractivity contribution in [3.63, 3.8) is 0 Å². The molecule has 1 heteroatoms. The van der Waals surface area contributed by atoms with E-state index < -0.39 is 0 Å². The Balaban J connectivity index is 2.51. The zero-order valence-electron chi connectivity index (χ0n) is 4.37. The molecular formula is C7H6O. The summed E-state index contributed by atoms with van der Waals surface area (Å²) in [6.07, 6.45) is 9.27. The fraction of sp³-hybridized carbons (Fsp3) is 0.143. The van der Waals surface area contributed by atoms with Crippen LogP contribution in [-0.2, 0) is 4.74 Å². The average Bonchev–Trinajstić information content (AvgIpc) is 1.90. The van der Waals surface area contributed by atoms with Gasteiger partial charge in [-0.15, -0.1) is 0 Å². The number of ether oxygens (including phenoxy) is 1. The molecule has 0 fully saturated rings. The van der Waals surface area contributed by atoms with Gasteiger partial charge in [-0.25, -0.2) is 0 Å². The maximum absolute atomic E-state index is 5.14. The number of allylic oxidation sites excluding steroid dienone is 2. The Morgan fingerprint density at radius 1 is 1.75 bits per heavy atom. The first kappa shape index (κ1) is 5.16. The highest BCUT2D eigenvalue weighted by atomic mass is 16.5. The highest BCUT2D eigenvalue weighted by Crippen LogP contribution is 1.99. The summed E-state index contributed by atoms with van der Waals surface area (Å²) in [6.45, 7) is 5.14. The topological polar surface area (TPSA) is 9.23 Å². The van der Waals surface area contributed by atoms with Crippen LogP contribution in [0.2, 0.25) is 0 Å².